The number of nitrogens with zero attached hydrogens (tertiary/aromatic N) is 1. The summed E-state index contributed by atoms with van der Waals surface area (Å²) in [7, 11) is 0. The first kappa shape index (κ1) is 19.6. The highest BCUT2D eigenvalue weighted by Gasteiger charge is 2.17. The number of aromatic nitrogens is 1. The maximum atomic E-state index is 2.43. The van der Waals surface area contributed by atoms with Crippen LogP contribution in [0.5, 0.6) is 0 Å². The molecule has 1 heterocycles. The molecule has 0 saturated carbocycles. The number of hydrogen-bond acceptors (Lipinski definition) is 1. The number of rotatable bonds is 7. The van der Waals surface area contributed by atoms with Crippen molar-refractivity contribution in [1.29, 1.82) is 0 Å². The molecule has 146 valence electrons. The van der Waals surface area contributed by atoms with Crippen LogP contribution in [0, 0.1) is 0 Å². The first-order chi connectivity index (χ1) is 14.2. The van der Waals surface area contributed by atoms with Crippen molar-refractivity contribution in [3.8, 4) is 5.69 Å². The average molecular weight is 399 g/mol. The molecule has 0 aliphatic carbocycles. The highest BCUT2D eigenvalue weighted by Crippen LogP contribution is 2.28. The molecule has 4 rings (SSSR count). The fourth-order valence-corrected chi connectivity index (χ4v) is 4.53. The van der Waals surface area contributed by atoms with Gasteiger partial charge < -0.3 is 0 Å². The van der Waals surface area contributed by atoms with Crippen molar-refractivity contribution >= 4 is 11.3 Å². The van der Waals surface area contributed by atoms with E-state index in [1.54, 1.807) is 11.3 Å². The third-order valence-electron chi connectivity index (χ3n) is 5.64. The van der Waals surface area contributed by atoms with E-state index in [-0.39, 0.29) is 0 Å². The van der Waals surface area contributed by atoms with E-state index in [1.165, 1.54) is 27.9 Å². The van der Waals surface area contributed by atoms with Crippen LogP contribution in [0.25, 0.3) is 5.69 Å². The van der Waals surface area contributed by atoms with Crippen LogP contribution in [0.2, 0.25) is 0 Å². The first-order valence-electron chi connectivity index (χ1n) is 10.4. The van der Waals surface area contributed by atoms with Crippen LogP contribution in [0.1, 0.15) is 47.9 Å². The minimum Gasteiger partial charge on any atom is -0.157 e. The molecule has 2 atom stereocenters. The molecule has 2 unspecified atom stereocenters. The Bertz CT molecular complexity index is 957. The number of thiazole rings is 1. The zero-order valence-corrected chi connectivity index (χ0v) is 18.0. The van der Waals surface area contributed by atoms with E-state index < -0.39 is 0 Å². The van der Waals surface area contributed by atoms with E-state index in [1.807, 2.05) is 0 Å². The quantitative estimate of drug-likeness (QED) is 0.304. The molecule has 2 heteroatoms. The summed E-state index contributed by atoms with van der Waals surface area (Å²) in [6, 6.07) is 28.8. The van der Waals surface area contributed by atoms with E-state index in [2.05, 4.69) is 114 Å². The Kier molecular flexibility index (Phi) is 6.21. The van der Waals surface area contributed by atoms with Crippen molar-refractivity contribution in [3.63, 3.8) is 0 Å². The lowest BCUT2D eigenvalue weighted by atomic mass is 9.87. The molecule has 0 saturated heterocycles. The molecule has 0 N–H and O–H groups in total. The van der Waals surface area contributed by atoms with Gasteiger partial charge in [0.25, 0.3) is 0 Å². The lowest BCUT2D eigenvalue weighted by molar-refractivity contribution is -0.590. The molecule has 0 spiro atoms. The highest BCUT2D eigenvalue weighted by atomic mass is 32.1. The van der Waals surface area contributed by atoms with Gasteiger partial charge in [0.1, 0.15) is 0 Å². The molecule has 1 nitrogen and oxygen atoms in total. The van der Waals surface area contributed by atoms with E-state index in [4.69, 9.17) is 0 Å². The molecular weight excluding hydrogens is 370 g/mol. The molecule has 0 radical (unpaired) electrons. The van der Waals surface area contributed by atoms with Crippen LogP contribution in [0.4, 0.5) is 0 Å². The summed E-state index contributed by atoms with van der Waals surface area (Å²) in [6.45, 7) is 4.69. The molecule has 0 amide bonds. The summed E-state index contributed by atoms with van der Waals surface area (Å²) < 4.78 is 2.24. The maximum absolute atomic E-state index is 2.43. The van der Waals surface area contributed by atoms with Crippen molar-refractivity contribution in [2.45, 2.75) is 38.5 Å². The van der Waals surface area contributed by atoms with Crippen LogP contribution >= 0.6 is 11.3 Å². The Morgan fingerprint density at radius 3 is 1.69 bits per heavy atom. The van der Waals surface area contributed by atoms with Gasteiger partial charge in [-0.3, -0.25) is 0 Å². The third-order valence-corrected chi connectivity index (χ3v) is 6.27. The second kappa shape index (κ2) is 9.19. The summed E-state index contributed by atoms with van der Waals surface area (Å²) in [5.74, 6) is 0.943. The Morgan fingerprint density at radius 2 is 1.24 bits per heavy atom. The lowest BCUT2D eigenvalue weighted by Crippen LogP contribution is -2.27. The Balaban J connectivity index is 1.65. The van der Waals surface area contributed by atoms with Crippen molar-refractivity contribution in [2.75, 3.05) is 0 Å². The zero-order valence-electron chi connectivity index (χ0n) is 17.2. The molecule has 4 aromatic rings. The van der Waals surface area contributed by atoms with Crippen LogP contribution in [-0.2, 0) is 12.8 Å². The molecular formula is C27H28NS+. The van der Waals surface area contributed by atoms with Crippen molar-refractivity contribution in [3.05, 3.63) is 118 Å². The average Bonchev–Trinajstić information content (AvgIpc) is 3.30. The van der Waals surface area contributed by atoms with Crippen molar-refractivity contribution < 1.29 is 4.57 Å². The second-order valence-electron chi connectivity index (χ2n) is 7.97. The van der Waals surface area contributed by atoms with Gasteiger partial charge in [-0.05, 0) is 46.9 Å². The molecule has 1 aromatic heterocycles. The van der Waals surface area contributed by atoms with E-state index >= 15 is 0 Å². The zero-order chi connectivity index (χ0) is 20.1. The van der Waals surface area contributed by atoms with Gasteiger partial charge >= 0.3 is 0 Å². The molecule has 0 aliphatic heterocycles. The van der Waals surface area contributed by atoms with Gasteiger partial charge in [-0.1, -0.05) is 91.9 Å². The Labute approximate surface area is 178 Å². The third kappa shape index (κ3) is 5.02. The Morgan fingerprint density at radius 1 is 0.724 bits per heavy atom. The highest BCUT2D eigenvalue weighted by molar-refractivity contribution is 7.07. The fourth-order valence-electron chi connectivity index (χ4n) is 3.93. The molecule has 0 fully saturated rings. The van der Waals surface area contributed by atoms with Gasteiger partial charge in [0.05, 0.1) is 5.38 Å². The van der Waals surface area contributed by atoms with Gasteiger partial charge in [0.15, 0.2) is 6.20 Å². The monoisotopic (exact) mass is 398 g/mol. The number of hydrogen-bond donors (Lipinski definition) is 0. The van der Waals surface area contributed by atoms with E-state index in [9.17, 15) is 0 Å². The second-order valence-corrected chi connectivity index (χ2v) is 8.73. The van der Waals surface area contributed by atoms with Crippen molar-refractivity contribution in [2.24, 2.45) is 0 Å². The van der Waals surface area contributed by atoms with Gasteiger partial charge in [-0.25, -0.2) is 0 Å². The van der Waals surface area contributed by atoms with Crippen LogP contribution < -0.4 is 4.57 Å². The largest absolute Gasteiger partial charge is 0.230 e. The Hall–Kier alpha value is -2.71. The normalized spacial score (nSPS) is 13.2. The van der Waals surface area contributed by atoms with Gasteiger partial charge in [-0.15, -0.1) is 0 Å². The fraction of sp³-hybridized carbons (Fsp3) is 0.222. The summed E-state index contributed by atoms with van der Waals surface area (Å²) in [6.07, 6.45) is 4.27. The predicted octanol–water partition coefficient (Wildman–Crippen LogP) is 6.72. The van der Waals surface area contributed by atoms with Crippen LogP contribution in [-0.4, -0.2) is 0 Å². The predicted molar refractivity (Wildman–Crippen MR) is 123 cm³/mol. The lowest BCUT2D eigenvalue weighted by Gasteiger charge is -2.17. The molecule has 0 bridgehead atoms. The minimum absolute atomic E-state index is 0.472. The van der Waals surface area contributed by atoms with Gasteiger partial charge in [0.2, 0.25) is 11.2 Å². The molecule has 0 aliphatic rings. The molecule has 3 aromatic carbocycles. The standard InChI is InChI=1S/C27H28NS/c1-21(15-23-9-5-3-6-10-23)25-17-26(19-27(18-25)28-13-14-29-20-28)22(2)16-24-11-7-4-8-12-24/h3-14,17-22H,15-16H2,1-2H3/q+1. The van der Waals surface area contributed by atoms with Gasteiger partial charge in [0, 0.05) is 12.1 Å². The summed E-state index contributed by atoms with van der Waals surface area (Å²) in [5.41, 5.74) is 9.06. The molecule has 29 heavy (non-hydrogen) atoms. The number of benzene rings is 3. The topological polar surface area (TPSA) is 3.88 Å². The summed E-state index contributed by atoms with van der Waals surface area (Å²) in [4.78, 5) is 0. The first-order valence-corrected chi connectivity index (χ1v) is 11.3. The van der Waals surface area contributed by atoms with Crippen molar-refractivity contribution in [1.82, 2.24) is 0 Å². The summed E-state index contributed by atoms with van der Waals surface area (Å²) >= 11 is 1.73. The van der Waals surface area contributed by atoms with Crippen LogP contribution in [0.3, 0.4) is 0 Å². The summed E-state index contributed by atoms with van der Waals surface area (Å²) in [5, 5.41) is 2.13. The minimum atomic E-state index is 0.472. The SMILES string of the molecule is CC(Cc1ccccc1)c1cc(C(C)Cc2ccccc2)cc(-[n+]2ccsc2)c1. The van der Waals surface area contributed by atoms with E-state index in [0.29, 0.717) is 11.8 Å². The van der Waals surface area contributed by atoms with Gasteiger partial charge in [-0.2, -0.15) is 4.57 Å². The van der Waals surface area contributed by atoms with Crippen LogP contribution in [0.15, 0.2) is 96.0 Å². The van der Waals surface area contributed by atoms with E-state index in [0.717, 1.165) is 12.8 Å². The smallest absolute Gasteiger partial charge is 0.157 e. The maximum Gasteiger partial charge on any atom is 0.230 e.